The molecule has 50 heavy (non-hydrogen) atoms. The highest BCUT2D eigenvalue weighted by atomic mass is 16.5. The summed E-state index contributed by atoms with van der Waals surface area (Å²) in [6.07, 6.45) is 38.4. The number of nitrogens with zero attached hydrogens (tertiary/aromatic N) is 1. The second-order valence-corrected chi connectivity index (χ2v) is 15.2. The molecule has 0 aromatic carbocycles. The molecule has 0 fully saturated rings. The number of hydrogen-bond acceptors (Lipinski definition) is 6. The number of carbonyl (C=O) groups is 2. The molecule has 6 nitrogen and oxygen atoms in total. The fraction of sp³-hybridized carbons (Fsp3) is 0.955. The summed E-state index contributed by atoms with van der Waals surface area (Å²) in [5.41, 5.74) is 0. The van der Waals surface area contributed by atoms with Gasteiger partial charge in [0.1, 0.15) is 6.10 Å². The van der Waals surface area contributed by atoms with E-state index in [0.29, 0.717) is 26.0 Å². The van der Waals surface area contributed by atoms with Gasteiger partial charge in [-0.3, -0.25) is 9.59 Å². The van der Waals surface area contributed by atoms with Gasteiger partial charge in [0.25, 0.3) is 0 Å². The Labute approximate surface area is 312 Å². The minimum absolute atomic E-state index is 0.00755. The lowest BCUT2D eigenvalue weighted by molar-refractivity contribution is -0.150. The molecule has 0 unspecified atom stereocenters. The number of aliphatic hydroxyl groups is 1. The van der Waals surface area contributed by atoms with Gasteiger partial charge < -0.3 is 19.5 Å². The minimum atomic E-state index is -0.0498. The summed E-state index contributed by atoms with van der Waals surface area (Å²) in [6.45, 7) is 10.2. The summed E-state index contributed by atoms with van der Waals surface area (Å²) in [7, 11) is 0. The van der Waals surface area contributed by atoms with Crippen molar-refractivity contribution < 1.29 is 24.2 Å². The van der Waals surface area contributed by atoms with Gasteiger partial charge >= 0.3 is 11.9 Å². The first-order valence-electron chi connectivity index (χ1n) is 22.3. The van der Waals surface area contributed by atoms with E-state index in [1.807, 2.05) is 0 Å². The van der Waals surface area contributed by atoms with Crippen molar-refractivity contribution >= 4 is 11.9 Å². The predicted molar refractivity (Wildman–Crippen MR) is 214 cm³/mol. The SMILES string of the molecule is CCCCCCCCCCCOC(=O)CCCCCN(CCO)CCCCCCCC(=O)OC(CCCCCCCC)CCCCCCCC. The molecule has 0 aliphatic rings. The van der Waals surface area contributed by atoms with Crippen LogP contribution in [-0.4, -0.2) is 60.9 Å². The van der Waals surface area contributed by atoms with Crippen molar-refractivity contribution in [2.75, 3.05) is 32.8 Å². The fourth-order valence-corrected chi connectivity index (χ4v) is 6.88. The van der Waals surface area contributed by atoms with E-state index >= 15 is 0 Å². The largest absolute Gasteiger partial charge is 0.466 e. The quantitative estimate of drug-likeness (QED) is 0.0503. The number of unbranched alkanes of at least 4 members (excludes halogenated alkanes) is 24. The molecule has 0 saturated heterocycles. The molecule has 0 amide bonds. The molecule has 0 bridgehead atoms. The van der Waals surface area contributed by atoms with Crippen molar-refractivity contribution in [3.05, 3.63) is 0 Å². The van der Waals surface area contributed by atoms with Crippen LogP contribution in [0.2, 0.25) is 0 Å². The second kappa shape index (κ2) is 40.6. The molecule has 0 aromatic rings. The summed E-state index contributed by atoms with van der Waals surface area (Å²) in [4.78, 5) is 27.1. The predicted octanol–water partition coefficient (Wildman–Crippen LogP) is 12.7. The first-order valence-corrected chi connectivity index (χ1v) is 22.3. The Balaban J connectivity index is 3.96. The average Bonchev–Trinajstić information content (AvgIpc) is 3.11. The number of esters is 2. The van der Waals surface area contributed by atoms with E-state index in [2.05, 4.69) is 25.7 Å². The van der Waals surface area contributed by atoms with Crippen LogP contribution < -0.4 is 0 Å². The molecule has 0 aliphatic carbocycles. The van der Waals surface area contributed by atoms with Gasteiger partial charge in [0.15, 0.2) is 0 Å². The monoisotopic (exact) mass is 710 g/mol. The molecule has 0 heterocycles. The third-order valence-corrected chi connectivity index (χ3v) is 10.2. The van der Waals surface area contributed by atoms with E-state index in [9.17, 15) is 14.7 Å². The van der Waals surface area contributed by atoms with E-state index in [4.69, 9.17) is 9.47 Å². The van der Waals surface area contributed by atoms with Gasteiger partial charge in [0, 0.05) is 19.4 Å². The number of ether oxygens (including phenoxy) is 2. The summed E-state index contributed by atoms with van der Waals surface area (Å²) in [5.74, 6) is -0.0423. The maximum Gasteiger partial charge on any atom is 0.306 e. The Morgan fingerprint density at radius 3 is 1.32 bits per heavy atom. The molecule has 0 saturated carbocycles. The average molecular weight is 710 g/mol. The van der Waals surface area contributed by atoms with Gasteiger partial charge in [0.05, 0.1) is 13.2 Å². The third-order valence-electron chi connectivity index (χ3n) is 10.2. The highest BCUT2D eigenvalue weighted by Gasteiger charge is 2.14. The first-order chi connectivity index (χ1) is 24.6. The molecule has 0 radical (unpaired) electrons. The molecule has 0 spiro atoms. The fourth-order valence-electron chi connectivity index (χ4n) is 6.88. The van der Waals surface area contributed by atoms with Crippen molar-refractivity contribution in [2.45, 2.75) is 239 Å². The molecule has 0 aliphatic heterocycles. The third kappa shape index (κ3) is 36.6. The zero-order valence-corrected chi connectivity index (χ0v) is 34.0. The molecular weight excluding hydrogens is 622 g/mol. The zero-order chi connectivity index (χ0) is 36.6. The maximum atomic E-state index is 12.7. The molecule has 0 aromatic heterocycles. The van der Waals surface area contributed by atoms with Crippen LogP contribution in [0, 0.1) is 0 Å². The summed E-state index contributed by atoms with van der Waals surface area (Å²) in [5, 5.41) is 9.53. The minimum Gasteiger partial charge on any atom is -0.466 e. The van der Waals surface area contributed by atoms with Crippen LogP contribution in [0.4, 0.5) is 0 Å². The number of hydrogen-bond donors (Lipinski definition) is 1. The number of aliphatic hydroxyl groups excluding tert-OH is 1. The number of rotatable bonds is 41. The molecular formula is C44H87NO5. The van der Waals surface area contributed by atoms with Gasteiger partial charge in [0.2, 0.25) is 0 Å². The van der Waals surface area contributed by atoms with Gasteiger partial charge in [-0.2, -0.15) is 0 Å². The summed E-state index contributed by atoms with van der Waals surface area (Å²) in [6, 6.07) is 0. The lowest BCUT2D eigenvalue weighted by Crippen LogP contribution is -2.29. The summed E-state index contributed by atoms with van der Waals surface area (Å²) < 4.78 is 11.4. The highest BCUT2D eigenvalue weighted by molar-refractivity contribution is 5.69. The topological polar surface area (TPSA) is 76.1 Å². The van der Waals surface area contributed by atoms with Crippen LogP contribution in [0.3, 0.4) is 0 Å². The van der Waals surface area contributed by atoms with Crippen LogP contribution in [0.15, 0.2) is 0 Å². The van der Waals surface area contributed by atoms with E-state index in [-0.39, 0.29) is 24.6 Å². The van der Waals surface area contributed by atoms with Gasteiger partial charge in [-0.25, -0.2) is 0 Å². The van der Waals surface area contributed by atoms with Crippen molar-refractivity contribution in [1.29, 1.82) is 0 Å². The number of carbonyl (C=O) groups excluding carboxylic acids is 2. The van der Waals surface area contributed by atoms with Crippen molar-refractivity contribution in [3.8, 4) is 0 Å². The molecule has 0 atom stereocenters. The van der Waals surface area contributed by atoms with Gasteiger partial charge in [-0.1, -0.05) is 162 Å². The summed E-state index contributed by atoms with van der Waals surface area (Å²) >= 11 is 0. The Bertz CT molecular complexity index is 686. The Kier molecular flexibility index (Phi) is 39.7. The van der Waals surface area contributed by atoms with Crippen molar-refractivity contribution in [3.63, 3.8) is 0 Å². The van der Waals surface area contributed by atoms with Gasteiger partial charge in [-0.05, 0) is 70.9 Å². The normalized spacial score (nSPS) is 11.6. The Morgan fingerprint density at radius 1 is 0.460 bits per heavy atom. The molecule has 298 valence electrons. The first kappa shape index (κ1) is 48.9. The van der Waals surface area contributed by atoms with E-state index in [1.54, 1.807) is 0 Å². The van der Waals surface area contributed by atoms with Crippen LogP contribution in [0.5, 0.6) is 0 Å². The molecule has 0 rings (SSSR count). The van der Waals surface area contributed by atoms with E-state index in [1.165, 1.54) is 122 Å². The molecule has 6 heteroatoms. The van der Waals surface area contributed by atoms with Crippen LogP contribution in [0.25, 0.3) is 0 Å². The van der Waals surface area contributed by atoms with Crippen molar-refractivity contribution in [1.82, 2.24) is 4.90 Å². The van der Waals surface area contributed by atoms with Crippen molar-refractivity contribution in [2.24, 2.45) is 0 Å². The highest BCUT2D eigenvalue weighted by Crippen LogP contribution is 2.18. The van der Waals surface area contributed by atoms with Crippen LogP contribution in [0.1, 0.15) is 233 Å². The Hall–Kier alpha value is -1.14. The smallest absolute Gasteiger partial charge is 0.306 e. The van der Waals surface area contributed by atoms with Gasteiger partial charge in [-0.15, -0.1) is 0 Å². The molecule has 1 N–H and O–H groups in total. The standard InChI is InChI=1S/C44H87NO5/c1-4-7-10-13-16-17-18-24-32-41-49-43(47)35-29-25-31-38-45(39-40-46)37-30-23-19-22-28-36-44(48)50-42(33-26-20-14-11-8-5-2)34-27-21-15-12-9-6-3/h42,46H,4-41H2,1-3H3. The lowest BCUT2D eigenvalue weighted by atomic mass is 10.0. The lowest BCUT2D eigenvalue weighted by Gasteiger charge is -2.21. The van der Waals surface area contributed by atoms with E-state index < -0.39 is 0 Å². The van der Waals surface area contributed by atoms with E-state index in [0.717, 1.165) is 90.1 Å². The second-order valence-electron chi connectivity index (χ2n) is 15.2. The van der Waals surface area contributed by atoms with Crippen LogP contribution >= 0.6 is 0 Å². The van der Waals surface area contributed by atoms with Crippen LogP contribution in [-0.2, 0) is 19.1 Å². The Morgan fingerprint density at radius 2 is 0.840 bits per heavy atom. The maximum absolute atomic E-state index is 12.7. The zero-order valence-electron chi connectivity index (χ0n) is 34.0.